The fraction of sp³-hybridized carbons (Fsp3) is 0.258. The predicted molar refractivity (Wildman–Crippen MR) is 157 cm³/mol. The number of nitrogens with one attached hydrogen (secondary N) is 2. The van der Waals surface area contributed by atoms with E-state index < -0.39 is 23.9 Å². The Balaban J connectivity index is 1.58. The van der Waals surface area contributed by atoms with Gasteiger partial charge in [-0.15, -0.1) is 0 Å². The van der Waals surface area contributed by atoms with E-state index in [2.05, 4.69) is 15.6 Å². The van der Waals surface area contributed by atoms with Gasteiger partial charge in [0.15, 0.2) is 0 Å². The number of benzene rings is 3. The third-order valence-corrected chi connectivity index (χ3v) is 6.06. The Kier molecular flexibility index (Phi) is 9.21. The van der Waals surface area contributed by atoms with Crippen LogP contribution in [-0.4, -0.2) is 51.0 Å². The Labute approximate surface area is 243 Å². The summed E-state index contributed by atoms with van der Waals surface area (Å²) in [5, 5.41) is 5.70. The molecule has 0 aliphatic heterocycles. The van der Waals surface area contributed by atoms with Crippen LogP contribution in [0.2, 0.25) is 0 Å². The zero-order chi connectivity index (χ0) is 30.3. The Bertz CT molecular complexity index is 1610. The van der Waals surface area contributed by atoms with Crippen LogP contribution in [0.25, 0.3) is 11.0 Å². The summed E-state index contributed by atoms with van der Waals surface area (Å²) in [6, 6.07) is 21.9. The van der Waals surface area contributed by atoms with Gasteiger partial charge in [0, 0.05) is 5.56 Å². The van der Waals surface area contributed by atoms with E-state index in [1.807, 2.05) is 60.7 Å². The van der Waals surface area contributed by atoms with Gasteiger partial charge in [-0.1, -0.05) is 60.7 Å². The van der Waals surface area contributed by atoms with Crippen molar-refractivity contribution < 1.29 is 33.2 Å². The average molecular weight is 573 g/mol. The Hall–Kier alpha value is -5.19. The summed E-state index contributed by atoms with van der Waals surface area (Å²) in [5.41, 5.74) is 3.21. The first-order chi connectivity index (χ1) is 20.0. The largest absolute Gasteiger partial charge is 0.478 e. The molecule has 0 aliphatic rings. The molecule has 2 N–H and O–H groups in total. The molecular formula is C31H34N5O6+. The summed E-state index contributed by atoms with van der Waals surface area (Å²) in [5.74, 6) is 0.000137. The number of aromatic nitrogens is 2. The van der Waals surface area contributed by atoms with Crippen LogP contribution in [0.15, 0.2) is 79.1 Å². The standard InChI is InChI=1S/C31H33N5O6/c1-21-24(16-17-25-26(21)32-20-36(25)30(39)42-31(2,3)4)33-27(34-28(37)40-18-22-12-8-6-9-13-22)35(5)29(38)41-19-23-14-10-7-11-15-23/h6-17,20H,18-19H2,1-5H3,(H,33,34,37)/p+1. The van der Waals surface area contributed by atoms with Crippen molar-refractivity contribution in [3.63, 3.8) is 0 Å². The summed E-state index contributed by atoms with van der Waals surface area (Å²) in [7, 11) is 1.46. The lowest BCUT2D eigenvalue weighted by molar-refractivity contribution is -0.417. The lowest BCUT2D eigenvalue weighted by Crippen LogP contribution is -2.44. The number of fused-ring (bicyclic) bond motifs is 1. The normalized spacial score (nSPS) is 11.8. The zero-order valence-electron chi connectivity index (χ0n) is 24.2. The molecule has 0 atom stereocenters. The minimum atomic E-state index is -0.781. The molecule has 1 heterocycles. The lowest BCUT2D eigenvalue weighted by Gasteiger charge is -2.19. The van der Waals surface area contributed by atoms with E-state index >= 15 is 0 Å². The van der Waals surface area contributed by atoms with Gasteiger partial charge in [-0.2, -0.15) is 9.89 Å². The van der Waals surface area contributed by atoms with Gasteiger partial charge >= 0.3 is 24.2 Å². The van der Waals surface area contributed by atoms with Gasteiger partial charge < -0.3 is 14.2 Å². The number of alkyl carbamates (subject to hydrolysis) is 1. The molecule has 0 fully saturated rings. The van der Waals surface area contributed by atoms with Crippen LogP contribution in [0.4, 0.5) is 20.1 Å². The van der Waals surface area contributed by atoms with E-state index in [9.17, 15) is 14.4 Å². The monoisotopic (exact) mass is 572 g/mol. The SMILES string of the molecule is Cc1c(NC(NC(=O)OCc2ccccc2)=[N+](C)C(=O)OCc2ccccc2)ccc2c1ncn2C(=O)OC(C)(C)C. The first kappa shape index (κ1) is 29.8. The third-order valence-electron chi connectivity index (χ3n) is 6.06. The second-order valence-corrected chi connectivity index (χ2v) is 10.5. The summed E-state index contributed by atoms with van der Waals surface area (Å²) in [4.78, 5) is 42.8. The number of carbonyl (C=O) groups excluding carboxylic acids is 3. The quantitative estimate of drug-likeness (QED) is 0.133. The van der Waals surface area contributed by atoms with Crippen LogP contribution in [-0.2, 0) is 27.4 Å². The molecule has 0 radical (unpaired) electrons. The minimum Gasteiger partial charge on any atom is -0.443 e. The molecule has 0 bridgehead atoms. The number of aryl methyl sites for hydroxylation is 1. The van der Waals surface area contributed by atoms with Gasteiger partial charge in [-0.05, 0) is 51.0 Å². The van der Waals surface area contributed by atoms with Gasteiger partial charge in [0.1, 0.15) is 30.8 Å². The highest BCUT2D eigenvalue weighted by Gasteiger charge is 2.25. The minimum absolute atomic E-state index is 0.000137. The Morgan fingerprint density at radius 2 is 1.48 bits per heavy atom. The van der Waals surface area contributed by atoms with Crippen LogP contribution in [0.1, 0.15) is 37.5 Å². The van der Waals surface area contributed by atoms with Gasteiger partial charge in [0.25, 0.3) is 0 Å². The summed E-state index contributed by atoms with van der Waals surface area (Å²) in [6.07, 6.45) is -0.650. The number of amides is 2. The van der Waals surface area contributed by atoms with Crippen molar-refractivity contribution in [2.45, 2.75) is 46.5 Å². The van der Waals surface area contributed by atoms with Crippen molar-refractivity contribution in [3.8, 4) is 0 Å². The van der Waals surface area contributed by atoms with Crippen molar-refractivity contribution in [2.24, 2.45) is 0 Å². The molecule has 42 heavy (non-hydrogen) atoms. The Morgan fingerprint density at radius 3 is 2.07 bits per heavy atom. The highest BCUT2D eigenvalue weighted by molar-refractivity contribution is 6.03. The third kappa shape index (κ3) is 7.72. The lowest BCUT2D eigenvalue weighted by atomic mass is 10.1. The molecule has 3 aromatic carbocycles. The number of guanidine groups is 1. The number of hydrogen-bond acceptors (Lipinski definition) is 7. The van der Waals surface area contributed by atoms with Crippen LogP contribution in [0.5, 0.6) is 0 Å². The van der Waals surface area contributed by atoms with Gasteiger partial charge in [-0.3, -0.25) is 0 Å². The fourth-order valence-corrected chi connectivity index (χ4v) is 3.90. The second-order valence-electron chi connectivity index (χ2n) is 10.5. The number of rotatable bonds is 5. The first-order valence-electron chi connectivity index (χ1n) is 13.3. The smallest absolute Gasteiger partial charge is 0.443 e. The maximum Gasteiger partial charge on any atom is 0.478 e. The van der Waals surface area contributed by atoms with E-state index in [4.69, 9.17) is 14.2 Å². The van der Waals surface area contributed by atoms with Crippen LogP contribution in [0, 0.1) is 6.92 Å². The fourth-order valence-electron chi connectivity index (χ4n) is 3.90. The average Bonchev–Trinajstić information content (AvgIpc) is 3.41. The number of anilines is 1. The molecule has 218 valence electrons. The molecule has 11 heteroatoms. The highest BCUT2D eigenvalue weighted by Crippen LogP contribution is 2.25. The summed E-state index contributed by atoms with van der Waals surface area (Å²) < 4.78 is 18.8. The molecule has 0 unspecified atom stereocenters. The molecule has 11 nitrogen and oxygen atoms in total. The topological polar surface area (TPSA) is 124 Å². The molecular weight excluding hydrogens is 538 g/mol. The molecule has 4 aromatic rings. The molecule has 2 amide bonds. The van der Waals surface area contributed by atoms with Crippen LogP contribution in [0.3, 0.4) is 0 Å². The number of ether oxygens (including phenoxy) is 3. The summed E-state index contributed by atoms with van der Waals surface area (Å²) in [6.45, 7) is 7.24. The summed E-state index contributed by atoms with van der Waals surface area (Å²) >= 11 is 0. The predicted octanol–water partition coefficient (Wildman–Crippen LogP) is 5.80. The second kappa shape index (κ2) is 13.0. The number of carbonyl (C=O) groups is 3. The molecule has 1 aromatic heterocycles. The molecule has 0 saturated carbocycles. The van der Waals surface area contributed by atoms with Crippen molar-refractivity contribution in [1.82, 2.24) is 14.9 Å². The van der Waals surface area contributed by atoms with Crippen molar-refractivity contribution >= 4 is 41.0 Å². The van der Waals surface area contributed by atoms with E-state index in [0.29, 0.717) is 22.3 Å². The van der Waals surface area contributed by atoms with Crippen molar-refractivity contribution in [2.75, 3.05) is 12.4 Å². The van der Waals surface area contributed by atoms with Crippen molar-refractivity contribution in [3.05, 3.63) is 95.8 Å². The van der Waals surface area contributed by atoms with Crippen LogP contribution < -0.4 is 10.6 Å². The maximum atomic E-state index is 13.0. The van der Waals surface area contributed by atoms with Crippen molar-refractivity contribution in [1.29, 1.82) is 0 Å². The molecule has 0 spiro atoms. The first-order valence-corrected chi connectivity index (χ1v) is 13.3. The van der Waals surface area contributed by atoms with Crippen LogP contribution >= 0.6 is 0 Å². The number of hydrogen-bond donors (Lipinski definition) is 2. The van der Waals surface area contributed by atoms with Gasteiger partial charge in [0.05, 0.1) is 18.1 Å². The van der Waals surface area contributed by atoms with Gasteiger partial charge in [0.2, 0.25) is 0 Å². The number of nitrogens with zero attached hydrogens (tertiary/aromatic N) is 3. The maximum absolute atomic E-state index is 13.0. The van der Waals surface area contributed by atoms with E-state index in [1.54, 1.807) is 39.8 Å². The van der Waals surface area contributed by atoms with E-state index in [0.717, 1.165) is 15.7 Å². The molecule has 4 rings (SSSR count). The van der Waals surface area contributed by atoms with Gasteiger partial charge in [-0.25, -0.2) is 29.3 Å². The molecule has 0 saturated heterocycles. The Morgan fingerprint density at radius 1 is 0.881 bits per heavy atom. The molecule has 0 aliphatic carbocycles. The number of imidazole rings is 1. The zero-order valence-corrected chi connectivity index (χ0v) is 24.2. The van der Waals surface area contributed by atoms with E-state index in [1.165, 1.54) is 17.9 Å². The van der Waals surface area contributed by atoms with E-state index in [-0.39, 0.29) is 19.2 Å². The highest BCUT2D eigenvalue weighted by atomic mass is 16.6.